The Balaban J connectivity index is 1.35. The van der Waals surface area contributed by atoms with Crippen molar-refractivity contribution in [3.8, 4) is 0 Å². The van der Waals surface area contributed by atoms with E-state index in [1.165, 1.54) is 0 Å². The molecule has 10 nitrogen and oxygen atoms in total. The molecule has 3 heterocycles. The lowest BCUT2D eigenvalue weighted by Gasteiger charge is -2.37. The van der Waals surface area contributed by atoms with E-state index in [0.29, 0.717) is 57.3 Å². The number of halogens is 2. The van der Waals surface area contributed by atoms with Crippen LogP contribution in [0, 0.1) is 5.82 Å². The molecule has 2 aliphatic rings. The number of aliphatic imine (C=N–C) groups is 1. The zero-order valence-electron chi connectivity index (χ0n) is 18.0. The summed E-state index contributed by atoms with van der Waals surface area (Å²) in [4.78, 5) is 29.4. The molecule has 4 rings (SSSR count). The lowest BCUT2D eigenvalue weighted by Crippen LogP contribution is -2.47. The van der Waals surface area contributed by atoms with Crippen LogP contribution in [0.4, 0.5) is 30.9 Å². The highest BCUT2D eigenvalue weighted by Gasteiger charge is 2.25. The minimum Gasteiger partial charge on any atom is -0.443 e. The van der Waals surface area contributed by atoms with Crippen LogP contribution in [-0.4, -0.2) is 67.5 Å². The molecule has 2 aromatic rings. The molecule has 176 valence electrons. The monoisotopic (exact) mass is 460 g/mol. The van der Waals surface area contributed by atoms with Gasteiger partial charge in [-0.15, -0.1) is 4.99 Å². The zero-order valence-corrected chi connectivity index (χ0v) is 18.0. The Morgan fingerprint density at radius 1 is 1.09 bits per heavy atom. The first kappa shape index (κ1) is 22.5. The van der Waals surface area contributed by atoms with Crippen molar-refractivity contribution >= 4 is 29.4 Å². The Bertz CT molecular complexity index is 1010. The van der Waals surface area contributed by atoms with Crippen LogP contribution in [0.5, 0.6) is 0 Å². The van der Waals surface area contributed by atoms with Gasteiger partial charge in [0.1, 0.15) is 12.8 Å². The van der Waals surface area contributed by atoms with E-state index in [1.807, 2.05) is 9.80 Å². The molecule has 12 heteroatoms. The number of carbonyl (C=O) groups excluding carboxylic acids is 1. The summed E-state index contributed by atoms with van der Waals surface area (Å²) in [5.41, 5.74) is 11.8. The molecule has 2 fully saturated rings. The molecule has 0 unspecified atom stereocenters. The number of hydrogen-bond donors (Lipinski definition) is 2. The van der Waals surface area contributed by atoms with Crippen LogP contribution >= 0.6 is 0 Å². The van der Waals surface area contributed by atoms with Crippen molar-refractivity contribution in [3.63, 3.8) is 0 Å². The van der Waals surface area contributed by atoms with Gasteiger partial charge in [-0.05, 0) is 12.5 Å². The summed E-state index contributed by atoms with van der Waals surface area (Å²) in [5.74, 6) is -0.332. The van der Waals surface area contributed by atoms with E-state index < -0.39 is 24.0 Å². The first-order valence-corrected chi connectivity index (χ1v) is 10.7. The Kier molecular flexibility index (Phi) is 6.71. The van der Waals surface area contributed by atoms with Gasteiger partial charge in [0.25, 0.3) is 0 Å². The number of rotatable bonds is 5. The van der Waals surface area contributed by atoms with Crippen molar-refractivity contribution in [2.75, 3.05) is 54.0 Å². The average molecular weight is 460 g/mol. The number of ether oxygens (including phenoxy) is 1. The molecule has 0 radical (unpaired) electrons. The molecular formula is C21H26F2N8O2. The number of carbonyl (C=O) groups is 1. The molecule has 2 aliphatic heterocycles. The number of aromatic nitrogens is 2. The molecule has 33 heavy (non-hydrogen) atoms. The van der Waals surface area contributed by atoms with Crippen LogP contribution in [0.25, 0.3) is 0 Å². The van der Waals surface area contributed by atoms with Gasteiger partial charge < -0.3 is 30.9 Å². The molecule has 0 bridgehead atoms. The first-order chi connectivity index (χ1) is 15.9. The van der Waals surface area contributed by atoms with Crippen molar-refractivity contribution < 1.29 is 18.3 Å². The molecule has 1 atom stereocenters. The summed E-state index contributed by atoms with van der Waals surface area (Å²) in [7, 11) is 0. The fraction of sp³-hybridized carbons (Fsp3) is 0.429. The van der Waals surface area contributed by atoms with E-state index in [-0.39, 0.29) is 12.2 Å². The second-order valence-electron chi connectivity index (χ2n) is 7.89. The lowest BCUT2D eigenvalue weighted by atomic mass is 10.1. The van der Waals surface area contributed by atoms with Gasteiger partial charge in [-0.1, -0.05) is 12.1 Å². The van der Waals surface area contributed by atoms with Gasteiger partial charge in [0.15, 0.2) is 11.8 Å². The first-order valence-electron chi connectivity index (χ1n) is 10.7. The highest BCUT2D eigenvalue weighted by molar-refractivity contribution is 5.87. The standard InChI is InChI=1S/C21H26F2N8O2/c22-15-4-5-31(12-15)20-26-10-16(11-27-20)29-6-8-30(9-7-29)17-3-1-2-14(18(17)23)13-33-21(32)28-19(24)25/h1-3,10-11,15H,4-9,12-13H2,(H4,24,25,28,32)/t15-/m0/s1. The highest BCUT2D eigenvalue weighted by atomic mass is 19.1. The molecule has 4 N–H and O–H groups in total. The summed E-state index contributed by atoms with van der Waals surface area (Å²) in [5, 5.41) is 0. The van der Waals surface area contributed by atoms with Gasteiger partial charge in [0, 0.05) is 38.3 Å². The van der Waals surface area contributed by atoms with Gasteiger partial charge in [0.05, 0.1) is 30.3 Å². The summed E-state index contributed by atoms with van der Waals surface area (Å²) in [6.07, 6.45) is 2.19. The van der Waals surface area contributed by atoms with Gasteiger partial charge >= 0.3 is 6.09 Å². The number of guanidine groups is 1. The normalized spacial score (nSPS) is 18.4. The summed E-state index contributed by atoms with van der Waals surface area (Å²) in [6.45, 7) is 3.16. The number of piperazine rings is 1. The van der Waals surface area contributed by atoms with E-state index in [4.69, 9.17) is 16.2 Å². The van der Waals surface area contributed by atoms with Gasteiger partial charge in [-0.25, -0.2) is 23.5 Å². The Labute approximate surface area is 189 Å². The molecule has 0 saturated carbocycles. The molecular weight excluding hydrogens is 434 g/mol. The number of nitrogens with zero attached hydrogens (tertiary/aromatic N) is 6. The topological polar surface area (TPSA) is 126 Å². The van der Waals surface area contributed by atoms with Crippen molar-refractivity contribution in [3.05, 3.63) is 42.0 Å². The molecule has 2 saturated heterocycles. The lowest BCUT2D eigenvalue weighted by molar-refractivity contribution is 0.149. The van der Waals surface area contributed by atoms with Crippen molar-refractivity contribution in [1.82, 2.24) is 9.97 Å². The second kappa shape index (κ2) is 9.84. The third-order valence-corrected chi connectivity index (χ3v) is 5.65. The maximum atomic E-state index is 15.0. The highest BCUT2D eigenvalue weighted by Crippen LogP contribution is 2.26. The maximum absolute atomic E-state index is 15.0. The van der Waals surface area contributed by atoms with E-state index in [9.17, 15) is 9.18 Å². The van der Waals surface area contributed by atoms with E-state index >= 15 is 4.39 Å². The number of alkyl halides is 1. The van der Waals surface area contributed by atoms with Crippen LogP contribution in [0.15, 0.2) is 35.6 Å². The number of nitrogens with two attached hydrogens (primary N) is 2. The minimum atomic E-state index is -0.976. The summed E-state index contributed by atoms with van der Waals surface area (Å²) < 4.78 is 33.3. The van der Waals surface area contributed by atoms with Crippen LogP contribution in [0.3, 0.4) is 0 Å². The van der Waals surface area contributed by atoms with Crippen molar-refractivity contribution in [2.24, 2.45) is 16.5 Å². The zero-order chi connectivity index (χ0) is 23.4. The number of amides is 1. The quantitative estimate of drug-likeness (QED) is 0.503. The van der Waals surface area contributed by atoms with Crippen LogP contribution < -0.4 is 26.2 Å². The predicted molar refractivity (Wildman–Crippen MR) is 121 cm³/mol. The van der Waals surface area contributed by atoms with Gasteiger partial charge in [-0.3, -0.25) is 0 Å². The smallest absolute Gasteiger partial charge is 0.437 e. The van der Waals surface area contributed by atoms with Crippen LogP contribution in [0.1, 0.15) is 12.0 Å². The summed E-state index contributed by atoms with van der Waals surface area (Å²) in [6, 6.07) is 4.95. The molecule has 0 aliphatic carbocycles. The van der Waals surface area contributed by atoms with Gasteiger partial charge in [-0.2, -0.15) is 0 Å². The van der Waals surface area contributed by atoms with Crippen molar-refractivity contribution in [2.45, 2.75) is 19.2 Å². The molecule has 0 spiro atoms. The fourth-order valence-electron chi connectivity index (χ4n) is 3.94. The molecule has 1 aromatic carbocycles. The number of hydrogen-bond acceptors (Lipinski definition) is 7. The van der Waals surface area contributed by atoms with Crippen molar-refractivity contribution in [1.29, 1.82) is 0 Å². The Morgan fingerprint density at radius 2 is 1.79 bits per heavy atom. The Morgan fingerprint density at radius 3 is 2.42 bits per heavy atom. The van der Waals surface area contributed by atoms with Gasteiger partial charge in [0.2, 0.25) is 5.95 Å². The SMILES string of the molecule is NC(N)=NC(=O)OCc1cccc(N2CCN(c3cnc(N4CC[C@H](F)C4)nc3)CC2)c1F. The third kappa shape index (κ3) is 5.38. The van der Waals surface area contributed by atoms with E-state index in [1.54, 1.807) is 30.6 Å². The molecule has 1 aromatic heterocycles. The van der Waals surface area contributed by atoms with Crippen LogP contribution in [0.2, 0.25) is 0 Å². The molecule has 1 amide bonds. The maximum Gasteiger partial charge on any atom is 0.437 e. The minimum absolute atomic E-state index is 0.232. The number of benzene rings is 1. The largest absolute Gasteiger partial charge is 0.443 e. The number of anilines is 3. The second-order valence-corrected chi connectivity index (χ2v) is 7.89. The summed E-state index contributed by atoms with van der Waals surface area (Å²) >= 11 is 0. The van der Waals surface area contributed by atoms with E-state index in [2.05, 4.69) is 19.9 Å². The van der Waals surface area contributed by atoms with E-state index in [0.717, 1.165) is 5.69 Å². The Hall–Kier alpha value is -3.70. The fourth-order valence-corrected chi connectivity index (χ4v) is 3.94. The van der Waals surface area contributed by atoms with Crippen LogP contribution in [-0.2, 0) is 11.3 Å². The average Bonchev–Trinajstić information content (AvgIpc) is 3.24. The predicted octanol–water partition coefficient (Wildman–Crippen LogP) is 1.40. The third-order valence-electron chi connectivity index (χ3n) is 5.65.